The number of hydrogen-bond acceptors (Lipinski definition) is 6. The Labute approximate surface area is 191 Å². The molecule has 0 radical (unpaired) electrons. The summed E-state index contributed by atoms with van der Waals surface area (Å²) in [4.78, 5) is 33.5. The van der Waals surface area contributed by atoms with Crippen molar-refractivity contribution in [1.82, 2.24) is 9.97 Å². The first-order chi connectivity index (χ1) is 15.4. The van der Waals surface area contributed by atoms with Crippen LogP contribution in [0.25, 0.3) is 0 Å². The van der Waals surface area contributed by atoms with E-state index in [-0.39, 0.29) is 24.0 Å². The maximum absolute atomic E-state index is 13.4. The van der Waals surface area contributed by atoms with Gasteiger partial charge in [0.25, 0.3) is 5.91 Å². The van der Waals surface area contributed by atoms with Gasteiger partial charge in [-0.25, -0.2) is 14.4 Å². The Morgan fingerprint density at radius 2 is 1.91 bits per heavy atom. The van der Waals surface area contributed by atoms with Gasteiger partial charge in [-0.3, -0.25) is 9.59 Å². The van der Waals surface area contributed by atoms with Crippen LogP contribution in [0.3, 0.4) is 0 Å². The van der Waals surface area contributed by atoms with Crippen molar-refractivity contribution in [3.63, 3.8) is 0 Å². The fourth-order valence-electron chi connectivity index (χ4n) is 3.12. The molecule has 8 nitrogen and oxygen atoms in total. The molecule has 0 atom stereocenters. The largest absolute Gasteiger partial charge is 0.485 e. The predicted molar refractivity (Wildman–Crippen MR) is 118 cm³/mol. The van der Waals surface area contributed by atoms with Gasteiger partial charge in [0.2, 0.25) is 0 Å². The molecule has 2 N–H and O–H groups in total. The van der Waals surface area contributed by atoms with Crippen LogP contribution in [0, 0.1) is 5.82 Å². The minimum Gasteiger partial charge on any atom is -0.485 e. The molecule has 164 valence electrons. The van der Waals surface area contributed by atoms with Gasteiger partial charge in [-0.05, 0) is 45.8 Å². The molecule has 1 saturated heterocycles. The SMILES string of the molecule is O=C(O)Cc1ccc(NC(=O)c2cnc(N3CC(Oc4cc(F)ccc4Br)C3)cn2)cc1. The Morgan fingerprint density at radius 1 is 1.16 bits per heavy atom. The first kappa shape index (κ1) is 21.7. The lowest BCUT2D eigenvalue weighted by atomic mass is 10.1. The number of aliphatic carboxylic acids is 1. The molecular formula is C22H18BrFN4O4. The van der Waals surface area contributed by atoms with Gasteiger partial charge in [-0.1, -0.05) is 12.1 Å². The molecule has 1 fully saturated rings. The summed E-state index contributed by atoms with van der Waals surface area (Å²) in [6.07, 6.45) is 2.71. The molecular weight excluding hydrogens is 483 g/mol. The van der Waals surface area contributed by atoms with Crippen molar-refractivity contribution < 1.29 is 23.8 Å². The number of anilines is 2. The number of hydrogen-bond donors (Lipinski definition) is 2. The normalized spacial score (nSPS) is 13.4. The van der Waals surface area contributed by atoms with Gasteiger partial charge in [0, 0.05) is 11.8 Å². The van der Waals surface area contributed by atoms with Gasteiger partial charge in [0.05, 0.1) is 36.4 Å². The summed E-state index contributed by atoms with van der Waals surface area (Å²) in [6.45, 7) is 1.12. The average Bonchev–Trinajstić information content (AvgIpc) is 2.74. The van der Waals surface area contributed by atoms with E-state index in [1.165, 1.54) is 24.5 Å². The zero-order valence-electron chi connectivity index (χ0n) is 16.7. The van der Waals surface area contributed by atoms with Crippen LogP contribution in [0.4, 0.5) is 15.9 Å². The maximum Gasteiger partial charge on any atom is 0.307 e. The molecule has 0 aliphatic carbocycles. The molecule has 10 heteroatoms. The van der Waals surface area contributed by atoms with E-state index in [1.54, 1.807) is 30.3 Å². The Bertz CT molecular complexity index is 1140. The van der Waals surface area contributed by atoms with Crippen molar-refractivity contribution in [2.75, 3.05) is 23.3 Å². The number of carboxylic acid groups (broad SMARTS) is 1. The van der Waals surface area contributed by atoms with Crippen molar-refractivity contribution in [2.24, 2.45) is 0 Å². The third-order valence-corrected chi connectivity index (χ3v) is 5.45. The monoisotopic (exact) mass is 500 g/mol. The van der Waals surface area contributed by atoms with Crippen LogP contribution in [0.2, 0.25) is 0 Å². The first-order valence-electron chi connectivity index (χ1n) is 9.68. The van der Waals surface area contributed by atoms with Crippen LogP contribution in [0.15, 0.2) is 59.3 Å². The average molecular weight is 501 g/mol. The zero-order valence-corrected chi connectivity index (χ0v) is 18.3. The summed E-state index contributed by atoms with van der Waals surface area (Å²) >= 11 is 3.34. The molecule has 2 aromatic carbocycles. The van der Waals surface area contributed by atoms with Crippen LogP contribution in [-0.2, 0) is 11.2 Å². The Balaban J connectivity index is 1.30. The topological polar surface area (TPSA) is 105 Å². The molecule has 0 saturated carbocycles. The summed E-state index contributed by atoms with van der Waals surface area (Å²) in [5.41, 5.74) is 1.32. The van der Waals surface area contributed by atoms with Gasteiger partial charge >= 0.3 is 5.97 Å². The van der Waals surface area contributed by atoms with E-state index < -0.39 is 11.9 Å². The number of amides is 1. The summed E-state index contributed by atoms with van der Waals surface area (Å²) in [5, 5.41) is 11.5. The van der Waals surface area contributed by atoms with Crippen molar-refractivity contribution >= 4 is 39.3 Å². The van der Waals surface area contributed by atoms with Crippen LogP contribution in [-0.4, -0.2) is 46.1 Å². The van der Waals surface area contributed by atoms with Gasteiger partial charge in [0.1, 0.15) is 29.2 Å². The minimum absolute atomic E-state index is 0.0803. The highest BCUT2D eigenvalue weighted by Gasteiger charge is 2.30. The van der Waals surface area contributed by atoms with Gasteiger partial charge in [0.15, 0.2) is 0 Å². The highest BCUT2D eigenvalue weighted by molar-refractivity contribution is 9.10. The van der Waals surface area contributed by atoms with E-state index in [9.17, 15) is 14.0 Å². The fraction of sp³-hybridized carbons (Fsp3) is 0.182. The second-order valence-corrected chi connectivity index (χ2v) is 8.06. The second kappa shape index (κ2) is 9.31. The maximum atomic E-state index is 13.4. The molecule has 1 aromatic heterocycles. The van der Waals surface area contributed by atoms with Crippen molar-refractivity contribution in [2.45, 2.75) is 12.5 Å². The van der Waals surface area contributed by atoms with Crippen molar-refractivity contribution in [3.8, 4) is 5.75 Å². The van der Waals surface area contributed by atoms with Gasteiger partial charge in [-0.2, -0.15) is 0 Å². The summed E-state index contributed by atoms with van der Waals surface area (Å²) in [5.74, 6) is -0.647. The smallest absolute Gasteiger partial charge is 0.307 e. The van der Waals surface area contributed by atoms with E-state index in [0.717, 1.165) is 0 Å². The number of halogens is 2. The van der Waals surface area contributed by atoms with E-state index in [4.69, 9.17) is 9.84 Å². The van der Waals surface area contributed by atoms with Crippen LogP contribution >= 0.6 is 15.9 Å². The lowest BCUT2D eigenvalue weighted by Gasteiger charge is -2.39. The molecule has 1 aliphatic heterocycles. The summed E-state index contributed by atoms with van der Waals surface area (Å²) < 4.78 is 19.9. The van der Waals surface area contributed by atoms with E-state index in [2.05, 4.69) is 31.2 Å². The number of carbonyl (C=O) groups excluding carboxylic acids is 1. The third-order valence-electron chi connectivity index (χ3n) is 4.80. The quantitative estimate of drug-likeness (QED) is 0.511. The molecule has 0 bridgehead atoms. The highest BCUT2D eigenvalue weighted by atomic mass is 79.9. The standard InChI is InChI=1S/C22H18BrFN4O4/c23-17-6-3-14(24)8-19(17)32-16-11-28(12-16)20-10-25-18(9-26-20)22(31)27-15-4-1-13(2-5-15)7-21(29)30/h1-6,8-10,16H,7,11-12H2,(H,27,31)(H,29,30). The molecule has 1 amide bonds. The molecule has 3 aromatic rings. The van der Waals surface area contributed by atoms with E-state index in [1.807, 2.05) is 4.90 Å². The lowest BCUT2D eigenvalue weighted by Crippen LogP contribution is -2.54. The molecule has 32 heavy (non-hydrogen) atoms. The molecule has 0 unspecified atom stereocenters. The zero-order chi connectivity index (χ0) is 22.7. The van der Waals surface area contributed by atoms with Crippen LogP contribution in [0.1, 0.15) is 16.1 Å². The number of carboxylic acids is 1. The number of aromatic nitrogens is 2. The molecule has 2 heterocycles. The lowest BCUT2D eigenvalue weighted by molar-refractivity contribution is -0.136. The highest BCUT2D eigenvalue weighted by Crippen LogP contribution is 2.29. The molecule has 0 spiro atoms. The Hall–Kier alpha value is -3.53. The van der Waals surface area contributed by atoms with Gasteiger partial charge < -0.3 is 20.1 Å². The first-order valence-corrected chi connectivity index (χ1v) is 10.5. The Kier molecular flexibility index (Phi) is 6.31. The van der Waals surface area contributed by atoms with E-state index >= 15 is 0 Å². The second-order valence-electron chi connectivity index (χ2n) is 7.20. The van der Waals surface area contributed by atoms with E-state index in [0.29, 0.717) is 40.4 Å². The van der Waals surface area contributed by atoms with Crippen LogP contribution in [0.5, 0.6) is 5.75 Å². The molecule has 1 aliphatic rings. The number of nitrogens with one attached hydrogen (secondary N) is 1. The number of benzene rings is 2. The van der Waals surface area contributed by atoms with Crippen molar-refractivity contribution in [3.05, 3.63) is 76.4 Å². The number of nitrogens with zero attached hydrogens (tertiary/aromatic N) is 3. The fourth-order valence-corrected chi connectivity index (χ4v) is 3.46. The number of ether oxygens (including phenoxy) is 1. The number of carbonyl (C=O) groups is 2. The number of rotatable bonds is 7. The van der Waals surface area contributed by atoms with Crippen molar-refractivity contribution in [1.29, 1.82) is 0 Å². The predicted octanol–water partition coefficient (Wildman–Crippen LogP) is 3.53. The summed E-state index contributed by atoms with van der Waals surface area (Å²) in [6, 6.07) is 10.8. The summed E-state index contributed by atoms with van der Waals surface area (Å²) in [7, 11) is 0. The minimum atomic E-state index is -0.918. The Morgan fingerprint density at radius 3 is 2.56 bits per heavy atom. The third kappa shape index (κ3) is 5.20. The van der Waals surface area contributed by atoms with Crippen LogP contribution < -0.4 is 15.0 Å². The molecule has 4 rings (SSSR count). The van der Waals surface area contributed by atoms with Gasteiger partial charge in [-0.15, -0.1) is 0 Å².